The molecule has 72 valence electrons. The first kappa shape index (κ1) is 11.7. The van der Waals surface area contributed by atoms with Crippen molar-refractivity contribution in [3.05, 3.63) is 12.7 Å². The van der Waals surface area contributed by atoms with Crippen molar-refractivity contribution < 1.29 is 0 Å². The van der Waals surface area contributed by atoms with Crippen LogP contribution in [0.5, 0.6) is 0 Å². The van der Waals surface area contributed by atoms with Gasteiger partial charge in [-0.1, -0.05) is 33.8 Å². The van der Waals surface area contributed by atoms with Crippen LogP contribution in [0.4, 0.5) is 0 Å². The molecular formula is C11H23N. The van der Waals surface area contributed by atoms with Crippen molar-refractivity contribution in [2.45, 2.75) is 34.1 Å². The molecule has 0 saturated carbocycles. The Morgan fingerprint density at radius 3 is 2.42 bits per heavy atom. The van der Waals surface area contributed by atoms with Crippen LogP contribution in [0, 0.1) is 11.3 Å². The van der Waals surface area contributed by atoms with E-state index in [2.05, 4.69) is 39.6 Å². The predicted octanol–water partition coefficient (Wildman–Crippen LogP) is 2.83. The van der Waals surface area contributed by atoms with Crippen LogP contribution in [0.15, 0.2) is 12.7 Å². The molecule has 0 aromatic rings. The van der Waals surface area contributed by atoms with E-state index < -0.39 is 0 Å². The predicted molar refractivity (Wildman–Crippen MR) is 56.3 cm³/mol. The molecule has 0 spiro atoms. The second-order valence-corrected chi connectivity index (χ2v) is 4.55. The summed E-state index contributed by atoms with van der Waals surface area (Å²) in [5.41, 5.74) is 0.418. The fourth-order valence-corrected chi connectivity index (χ4v) is 0.829. The van der Waals surface area contributed by atoms with Crippen LogP contribution < -0.4 is 5.32 Å². The molecule has 1 nitrogen and oxygen atoms in total. The summed E-state index contributed by atoms with van der Waals surface area (Å²) in [5, 5.41) is 3.42. The molecule has 0 rings (SSSR count). The van der Waals surface area contributed by atoms with Gasteiger partial charge in [-0.05, 0) is 30.8 Å². The van der Waals surface area contributed by atoms with E-state index in [1.165, 1.54) is 0 Å². The molecule has 1 atom stereocenters. The fourth-order valence-electron chi connectivity index (χ4n) is 0.829. The third kappa shape index (κ3) is 5.36. The first-order valence-corrected chi connectivity index (χ1v) is 4.80. The zero-order chi connectivity index (χ0) is 9.61. The molecule has 0 aliphatic carbocycles. The minimum Gasteiger partial charge on any atom is -0.316 e. The summed E-state index contributed by atoms with van der Waals surface area (Å²) in [7, 11) is 0. The van der Waals surface area contributed by atoms with E-state index in [0.29, 0.717) is 5.41 Å². The highest BCUT2D eigenvalue weighted by Gasteiger charge is 2.18. The third-order valence-electron chi connectivity index (χ3n) is 2.45. The maximum atomic E-state index is 3.69. The van der Waals surface area contributed by atoms with E-state index in [-0.39, 0.29) is 0 Å². The van der Waals surface area contributed by atoms with Gasteiger partial charge < -0.3 is 5.32 Å². The van der Waals surface area contributed by atoms with Gasteiger partial charge in [-0.2, -0.15) is 0 Å². The van der Waals surface area contributed by atoms with Crippen LogP contribution in [0.3, 0.4) is 0 Å². The second kappa shape index (κ2) is 5.36. The molecular weight excluding hydrogens is 146 g/mol. The maximum Gasteiger partial charge on any atom is -0.00143 e. The third-order valence-corrected chi connectivity index (χ3v) is 2.45. The Hall–Kier alpha value is -0.300. The summed E-state index contributed by atoms with van der Waals surface area (Å²) in [6.07, 6.45) is 3.02. The molecule has 0 fully saturated rings. The maximum absolute atomic E-state index is 3.69. The minimum absolute atomic E-state index is 0.418. The molecule has 0 heterocycles. The van der Waals surface area contributed by atoms with Gasteiger partial charge in [0.25, 0.3) is 0 Å². The highest BCUT2D eigenvalue weighted by Crippen LogP contribution is 2.24. The van der Waals surface area contributed by atoms with Crippen LogP contribution in [-0.4, -0.2) is 13.1 Å². The van der Waals surface area contributed by atoms with Gasteiger partial charge in [-0.3, -0.25) is 0 Å². The number of rotatable bonds is 5. The molecule has 1 heteroatoms. The molecule has 0 radical (unpaired) electrons. The zero-order valence-electron chi connectivity index (χ0n) is 8.98. The molecule has 0 aliphatic rings. The lowest BCUT2D eigenvalue weighted by Gasteiger charge is -2.27. The number of nitrogens with one attached hydrogen (secondary N) is 1. The summed E-state index contributed by atoms with van der Waals surface area (Å²) in [6, 6.07) is 0. The summed E-state index contributed by atoms with van der Waals surface area (Å²) in [5.74, 6) is 0.724. The SMILES string of the molecule is C=CCCNCC(C)C(C)(C)C. The van der Waals surface area contributed by atoms with Gasteiger partial charge >= 0.3 is 0 Å². The average molecular weight is 169 g/mol. The van der Waals surface area contributed by atoms with Gasteiger partial charge in [0.2, 0.25) is 0 Å². The Labute approximate surface area is 77.2 Å². The van der Waals surface area contributed by atoms with Crippen molar-refractivity contribution in [2.75, 3.05) is 13.1 Å². The summed E-state index contributed by atoms with van der Waals surface area (Å²) >= 11 is 0. The molecule has 0 aromatic heterocycles. The van der Waals surface area contributed by atoms with E-state index in [9.17, 15) is 0 Å². The summed E-state index contributed by atoms with van der Waals surface area (Å²) in [6.45, 7) is 15.0. The molecule has 1 N–H and O–H groups in total. The van der Waals surface area contributed by atoms with Gasteiger partial charge in [0, 0.05) is 0 Å². The van der Waals surface area contributed by atoms with Crippen LogP contribution in [0.1, 0.15) is 34.1 Å². The minimum atomic E-state index is 0.418. The van der Waals surface area contributed by atoms with Crippen molar-refractivity contribution in [3.8, 4) is 0 Å². The van der Waals surface area contributed by atoms with E-state index in [0.717, 1.165) is 25.4 Å². The Kier molecular flexibility index (Phi) is 5.23. The van der Waals surface area contributed by atoms with Gasteiger partial charge in [-0.15, -0.1) is 6.58 Å². The smallest absolute Gasteiger partial charge is 0.00143 e. The largest absolute Gasteiger partial charge is 0.316 e. The lowest BCUT2D eigenvalue weighted by atomic mass is 9.82. The van der Waals surface area contributed by atoms with Crippen molar-refractivity contribution >= 4 is 0 Å². The van der Waals surface area contributed by atoms with Crippen LogP contribution >= 0.6 is 0 Å². The Balaban J connectivity index is 3.44. The first-order chi connectivity index (χ1) is 5.48. The molecule has 0 aromatic carbocycles. The summed E-state index contributed by atoms with van der Waals surface area (Å²) in [4.78, 5) is 0. The molecule has 0 aliphatic heterocycles. The van der Waals surface area contributed by atoms with Crippen molar-refractivity contribution in [2.24, 2.45) is 11.3 Å². The highest BCUT2D eigenvalue weighted by atomic mass is 14.9. The zero-order valence-corrected chi connectivity index (χ0v) is 8.98. The van der Waals surface area contributed by atoms with Gasteiger partial charge in [0.15, 0.2) is 0 Å². The first-order valence-electron chi connectivity index (χ1n) is 4.80. The van der Waals surface area contributed by atoms with E-state index in [4.69, 9.17) is 0 Å². The van der Waals surface area contributed by atoms with E-state index in [1.54, 1.807) is 0 Å². The lowest BCUT2D eigenvalue weighted by Crippen LogP contribution is -2.30. The summed E-state index contributed by atoms with van der Waals surface area (Å²) < 4.78 is 0. The number of hydrogen-bond acceptors (Lipinski definition) is 1. The van der Waals surface area contributed by atoms with Gasteiger partial charge in [-0.25, -0.2) is 0 Å². The van der Waals surface area contributed by atoms with E-state index >= 15 is 0 Å². The topological polar surface area (TPSA) is 12.0 Å². The standard InChI is InChI=1S/C11H23N/c1-6-7-8-12-9-10(2)11(3,4)5/h6,10,12H,1,7-9H2,2-5H3. The lowest BCUT2D eigenvalue weighted by molar-refractivity contribution is 0.254. The molecule has 0 amide bonds. The normalized spacial score (nSPS) is 14.3. The molecule has 1 unspecified atom stereocenters. The van der Waals surface area contributed by atoms with Crippen LogP contribution in [0.25, 0.3) is 0 Å². The van der Waals surface area contributed by atoms with Gasteiger partial charge in [0.05, 0.1) is 0 Å². The monoisotopic (exact) mass is 169 g/mol. The molecule has 12 heavy (non-hydrogen) atoms. The van der Waals surface area contributed by atoms with Crippen molar-refractivity contribution in [1.82, 2.24) is 5.32 Å². The van der Waals surface area contributed by atoms with Crippen LogP contribution in [0.2, 0.25) is 0 Å². The van der Waals surface area contributed by atoms with Crippen molar-refractivity contribution in [1.29, 1.82) is 0 Å². The van der Waals surface area contributed by atoms with E-state index in [1.807, 2.05) is 6.08 Å². The quantitative estimate of drug-likeness (QED) is 0.493. The highest BCUT2D eigenvalue weighted by molar-refractivity contribution is 4.73. The van der Waals surface area contributed by atoms with Gasteiger partial charge in [0.1, 0.15) is 0 Å². The Bertz CT molecular complexity index is 121. The fraction of sp³-hybridized carbons (Fsp3) is 0.818. The van der Waals surface area contributed by atoms with Crippen molar-refractivity contribution in [3.63, 3.8) is 0 Å². The van der Waals surface area contributed by atoms with Crippen LogP contribution in [-0.2, 0) is 0 Å². The average Bonchev–Trinajstić information content (AvgIpc) is 1.96. The Morgan fingerprint density at radius 1 is 1.42 bits per heavy atom. The number of hydrogen-bond donors (Lipinski definition) is 1. The molecule has 0 saturated heterocycles. The second-order valence-electron chi connectivity index (χ2n) is 4.55. The Morgan fingerprint density at radius 2 is 2.00 bits per heavy atom. The molecule has 0 bridgehead atoms.